The molecule has 3 aromatic carbocycles. The molecule has 2 fully saturated rings. The zero-order valence-corrected chi connectivity index (χ0v) is 22.8. The number of halogens is 1. The molecular formula is C32H35FN4O4. The Balaban J connectivity index is 1.17. The molecular weight excluding hydrogens is 523 g/mol. The van der Waals surface area contributed by atoms with Gasteiger partial charge in [-0.3, -0.25) is 14.5 Å². The van der Waals surface area contributed by atoms with Crippen LogP contribution in [0.3, 0.4) is 0 Å². The standard InChI is InChI=1S/C32H35FN4O4/c33-24-8-4-7-22(15-24)18-36-14-13-27(34-17-21-5-2-1-3-6-21)29(20-36)41-25-9-10-26-23(16-25)19-37(32(26)40)28-11-12-30(38)35-31(28)39/h1-10,15-16,27-29,31,34,39H,11-14,17-20H2,(H,35,38)/t27-,28?,29-,31?/m0/s1. The summed E-state index contributed by atoms with van der Waals surface area (Å²) >= 11 is 0. The Morgan fingerprint density at radius 1 is 1.00 bits per heavy atom. The third-order valence-electron chi connectivity index (χ3n) is 8.29. The fraction of sp³-hybridized carbons (Fsp3) is 0.375. The van der Waals surface area contributed by atoms with Gasteiger partial charge in [0.1, 0.15) is 23.9 Å². The van der Waals surface area contributed by atoms with E-state index in [9.17, 15) is 19.1 Å². The van der Waals surface area contributed by atoms with Crippen molar-refractivity contribution in [3.8, 4) is 5.75 Å². The lowest BCUT2D eigenvalue weighted by Crippen LogP contribution is -2.55. The lowest BCUT2D eigenvalue weighted by molar-refractivity contribution is -0.129. The number of nitrogens with one attached hydrogen (secondary N) is 2. The zero-order valence-electron chi connectivity index (χ0n) is 22.8. The Morgan fingerprint density at radius 3 is 2.63 bits per heavy atom. The molecule has 3 N–H and O–H groups in total. The lowest BCUT2D eigenvalue weighted by atomic mass is 10.00. The quantitative estimate of drug-likeness (QED) is 0.393. The number of piperidine rings is 2. The molecule has 0 saturated carbocycles. The highest BCUT2D eigenvalue weighted by atomic mass is 19.1. The number of nitrogens with zero attached hydrogens (tertiary/aromatic N) is 2. The molecule has 41 heavy (non-hydrogen) atoms. The van der Waals surface area contributed by atoms with Gasteiger partial charge in [-0.15, -0.1) is 0 Å². The van der Waals surface area contributed by atoms with Crippen LogP contribution >= 0.6 is 0 Å². The summed E-state index contributed by atoms with van der Waals surface area (Å²) in [7, 11) is 0. The van der Waals surface area contributed by atoms with Crippen LogP contribution in [0.25, 0.3) is 0 Å². The summed E-state index contributed by atoms with van der Waals surface area (Å²) in [5, 5.41) is 16.6. The fourth-order valence-electron chi connectivity index (χ4n) is 6.15. The summed E-state index contributed by atoms with van der Waals surface area (Å²) in [5.74, 6) is 0.0932. The van der Waals surface area contributed by atoms with Crippen LogP contribution in [0.1, 0.15) is 46.3 Å². The number of aliphatic hydroxyl groups is 1. The number of hydrogen-bond donors (Lipinski definition) is 3. The third kappa shape index (κ3) is 6.27. The Labute approximate surface area is 239 Å². The van der Waals surface area contributed by atoms with Gasteiger partial charge in [0.2, 0.25) is 5.91 Å². The van der Waals surface area contributed by atoms with E-state index in [1.165, 1.54) is 11.6 Å². The molecule has 2 saturated heterocycles. The molecule has 6 rings (SSSR count). The van der Waals surface area contributed by atoms with Gasteiger partial charge in [0, 0.05) is 50.7 Å². The molecule has 214 valence electrons. The van der Waals surface area contributed by atoms with E-state index in [0.717, 1.165) is 30.6 Å². The van der Waals surface area contributed by atoms with E-state index >= 15 is 0 Å². The summed E-state index contributed by atoms with van der Waals surface area (Å²) in [6.45, 7) is 3.24. The minimum atomic E-state index is -1.08. The van der Waals surface area contributed by atoms with E-state index in [2.05, 4.69) is 27.7 Å². The maximum absolute atomic E-state index is 13.8. The predicted octanol–water partition coefficient (Wildman–Crippen LogP) is 3.19. The van der Waals surface area contributed by atoms with Crippen molar-refractivity contribution >= 4 is 11.8 Å². The molecule has 0 radical (unpaired) electrons. The Kier molecular flexibility index (Phi) is 8.00. The van der Waals surface area contributed by atoms with Gasteiger partial charge in [-0.2, -0.15) is 0 Å². The van der Waals surface area contributed by atoms with Crippen molar-refractivity contribution in [2.24, 2.45) is 0 Å². The minimum absolute atomic E-state index is 0.103. The summed E-state index contributed by atoms with van der Waals surface area (Å²) in [5.41, 5.74) is 3.57. The average Bonchev–Trinajstić information content (AvgIpc) is 3.28. The molecule has 3 aliphatic rings. The average molecular weight is 559 g/mol. The molecule has 9 heteroatoms. The van der Waals surface area contributed by atoms with E-state index in [1.54, 1.807) is 23.1 Å². The maximum atomic E-state index is 13.8. The van der Waals surface area contributed by atoms with Gasteiger partial charge >= 0.3 is 0 Å². The van der Waals surface area contributed by atoms with Crippen molar-refractivity contribution in [2.75, 3.05) is 13.1 Å². The number of ether oxygens (including phenoxy) is 1. The number of hydrogen-bond acceptors (Lipinski definition) is 6. The number of carbonyl (C=O) groups excluding carboxylic acids is 2. The topological polar surface area (TPSA) is 94.1 Å². The number of benzene rings is 3. The largest absolute Gasteiger partial charge is 0.487 e. The van der Waals surface area contributed by atoms with E-state index in [4.69, 9.17) is 4.74 Å². The highest BCUT2D eigenvalue weighted by Crippen LogP contribution is 2.32. The van der Waals surface area contributed by atoms with Crippen LogP contribution in [-0.4, -0.2) is 64.2 Å². The van der Waals surface area contributed by atoms with Crippen molar-refractivity contribution in [3.63, 3.8) is 0 Å². The van der Waals surface area contributed by atoms with Gasteiger partial charge in [-0.1, -0.05) is 42.5 Å². The predicted molar refractivity (Wildman–Crippen MR) is 151 cm³/mol. The van der Waals surface area contributed by atoms with Gasteiger partial charge in [-0.05, 0) is 59.9 Å². The first-order chi connectivity index (χ1) is 19.9. The molecule has 0 aromatic heterocycles. The van der Waals surface area contributed by atoms with Crippen LogP contribution in [0.4, 0.5) is 4.39 Å². The summed E-state index contributed by atoms with van der Waals surface area (Å²) in [6.07, 6.45) is 0.334. The zero-order chi connectivity index (χ0) is 28.3. The number of amides is 2. The van der Waals surface area contributed by atoms with Crippen LogP contribution in [0.15, 0.2) is 72.8 Å². The molecule has 3 aliphatic heterocycles. The van der Waals surface area contributed by atoms with Crippen LogP contribution in [0, 0.1) is 5.82 Å². The number of aliphatic hydroxyl groups excluding tert-OH is 1. The second kappa shape index (κ2) is 12.0. The molecule has 3 heterocycles. The molecule has 3 aromatic rings. The van der Waals surface area contributed by atoms with Crippen molar-refractivity contribution in [1.29, 1.82) is 0 Å². The van der Waals surface area contributed by atoms with Gasteiger partial charge in [0.15, 0.2) is 0 Å². The van der Waals surface area contributed by atoms with Crippen LogP contribution in [0.5, 0.6) is 5.75 Å². The Morgan fingerprint density at radius 2 is 1.83 bits per heavy atom. The molecule has 0 bridgehead atoms. The van der Waals surface area contributed by atoms with Crippen molar-refractivity contribution in [1.82, 2.24) is 20.4 Å². The normalized spacial score (nSPS) is 24.7. The number of carbonyl (C=O) groups is 2. The Bertz CT molecular complexity index is 1400. The monoisotopic (exact) mass is 558 g/mol. The highest BCUT2D eigenvalue weighted by Gasteiger charge is 2.39. The molecule has 0 aliphatic carbocycles. The highest BCUT2D eigenvalue weighted by molar-refractivity contribution is 5.99. The molecule has 2 amide bonds. The van der Waals surface area contributed by atoms with E-state index in [1.807, 2.05) is 36.4 Å². The molecule has 4 atom stereocenters. The number of rotatable bonds is 8. The van der Waals surface area contributed by atoms with Gasteiger partial charge < -0.3 is 25.4 Å². The fourth-order valence-corrected chi connectivity index (χ4v) is 6.15. The summed E-state index contributed by atoms with van der Waals surface area (Å²) in [4.78, 5) is 28.7. The van der Waals surface area contributed by atoms with Gasteiger partial charge in [0.05, 0.1) is 6.04 Å². The first-order valence-electron chi connectivity index (χ1n) is 14.2. The van der Waals surface area contributed by atoms with E-state index in [0.29, 0.717) is 37.4 Å². The number of fused-ring (bicyclic) bond motifs is 1. The molecule has 0 spiro atoms. The molecule has 8 nitrogen and oxygen atoms in total. The lowest BCUT2D eigenvalue weighted by Gasteiger charge is -2.39. The number of likely N-dealkylation sites (tertiary alicyclic amines) is 1. The van der Waals surface area contributed by atoms with Crippen LogP contribution in [0.2, 0.25) is 0 Å². The van der Waals surface area contributed by atoms with E-state index in [-0.39, 0.29) is 36.2 Å². The third-order valence-corrected chi connectivity index (χ3v) is 8.29. The summed E-state index contributed by atoms with van der Waals surface area (Å²) < 4.78 is 20.4. The van der Waals surface area contributed by atoms with Crippen molar-refractivity contribution in [2.45, 2.75) is 63.3 Å². The molecule has 2 unspecified atom stereocenters. The second-order valence-corrected chi connectivity index (χ2v) is 11.2. The first-order valence-corrected chi connectivity index (χ1v) is 14.2. The van der Waals surface area contributed by atoms with Gasteiger partial charge in [0.25, 0.3) is 5.91 Å². The summed E-state index contributed by atoms with van der Waals surface area (Å²) in [6, 6.07) is 22.2. The van der Waals surface area contributed by atoms with Crippen molar-refractivity contribution < 1.29 is 23.8 Å². The minimum Gasteiger partial charge on any atom is -0.487 e. The van der Waals surface area contributed by atoms with Crippen LogP contribution < -0.4 is 15.4 Å². The van der Waals surface area contributed by atoms with Crippen LogP contribution in [-0.2, 0) is 24.4 Å². The Hall–Kier alpha value is -3.79. The first kappa shape index (κ1) is 27.4. The van der Waals surface area contributed by atoms with Gasteiger partial charge in [-0.25, -0.2) is 4.39 Å². The second-order valence-electron chi connectivity index (χ2n) is 11.2. The van der Waals surface area contributed by atoms with E-state index < -0.39 is 12.3 Å². The smallest absolute Gasteiger partial charge is 0.254 e. The van der Waals surface area contributed by atoms with Crippen molar-refractivity contribution in [3.05, 3.63) is 101 Å². The maximum Gasteiger partial charge on any atom is 0.254 e. The SMILES string of the molecule is O=C1CCC(N2Cc3cc(O[C@H]4CN(Cc5cccc(F)c5)CC[C@@H]4NCc4ccccc4)ccc3C2=O)C(O)N1.